The van der Waals surface area contributed by atoms with Crippen LogP contribution in [0.3, 0.4) is 0 Å². The summed E-state index contributed by atoms with van der Waals surface area (Å²) in [6, 6.07) is 0. The van der Waals surface area contributed by atoms with Gasteiger partial charge < -0.3 is 4.74 Å². The number of unbranched alkanes of at least 4 members (excludes halogenated alkanes) is 1. The van der Waals surface area contributed by atoms with Crippen molar-refractivity contribution in [2.75, 3.05) is 6.61 Å². The van der Waals surface area contributed by atoms with Crippen LogP contribution < -0.4 is 0 Å². The van der Waals surface area contributed by atoms with Crippen LogP contribution in [0.15, 0.2) is 0 Å². The second-order valence-electron chi connectivity index (χ2n) is 4.02. The van der Waals surface area contributed by atoms with Gasteiger partial charge in [0.2, 0.25) is 0 Å². The third-order valence-corrected chi connectivity index (χ3v) is 3.28. The molecule has 1 fully saturated rings. The quantitative estimate of drug-likeness (QED) is 0.411. The smallest absolute Gasteiger partial charge is 0.327 e. The third kappa shape index (κ3) is 3.16. The van der Waals surface area contributed by atoms with Crippen LogP contribution in [0, 0.1) is 0 Å². The van der Waals surface area contributed by atoms with E-state index in [4.69, 9.17) is 16.3 Å². The third-order valence-electron chi connectivity index (χ3n) is 2.74. The molecule has 0 aromatic carbocycles. The van der Waals surface area contributed by atoms with Crippen molar-refractivity contribution in [3.63, 3.8) is 0 Å². The molecular weight excluding hydrogens is 200 g/mol. The van der Waals surface area contributed by atoms with Gasteiger partial charge in [-0.3, -0.25) is 4.79 Å². The van der Waals surface area contributed by atoms with Crippen molar-refractivity contribution in [1.82, 2.24) is 0 Å². The predicted octanol–water partition coefficient (Wildman–Crippen LogP) is 3.27. The van der Waals surface area contributed by atoms with Gasteiger partial charge in [0.05, 0.1) is 6.61 Å². The van der Waals surface area contributed by atoms with Gasteiger partial charge in [-0.2, -0.15) is 0 Å². The first kappa shape index (κ1) is 11.8. The number of carbonyl (C=O) groups is 1. The summed E-state index contributed by atoms with van der Waals surface area (Å²) in [6.07, 6.45) is 6.82. The number of esters is 1. The molecular formula is C11H19ClO2. The fraction of sp³-hybridized carbons (Fsp3) is 0.909. The number of alkyl halides is 1. The Hall–Kier alpha value is -0.240. The molecule has 0 atom stereocenters. The van der Waals surface area contributed by atoms with E-state index in [1.165, 1.54) is 6.42 Å². The number of ether oxygens (including phenoxy) is 1. The lowest BCUT2D eigenvalue weighted by molar-refractivity contribution is -0.148. The van der Waals surface area contributed by atoms with Crippen molar-refractivity contribution >= 4 is 17.6 Å². The van der Waals surface area contributed by atoms with E-state index in [1.807, 2.05) is 0 Å². The first-order valence-corrected chi connectivity index (χ1v) is 5.93. The highest BCUT2D eigenvalue weighted by Gasteiger charge is 2.38. The molecule has 1 saturated carbocycles. The molecule has 0 aromatic heterocycles. The lowest BCUT2D eigenvalue weighted by Gasteiger charge is -2.28. The molecule has 0 spiro atoms. The van der Waals surface area contributed by atoms with Gasteiger partial charge in [-0.1, -0.05) is 32.6 Å². The standard InChI is InChI=1S/C11H19ClO2/c1-2-3-9-14-10(13)11(12)7-5-4-6-8-11/h2-9H2,1H3. The maximum atomic E-state index is 11.6. The molecule has 1 aliphatic carbocycles. The lowest BCUT2D eigenvalue weighted by Crippen LogP contribution is -2.36. The maximum Gasteiger partial charge on any atom is 0.327 e. The number of rotatable bonds is 4. The van der Waals surface area contributed by atoms with E-state index in [9.17, 15) is 4.79 Å². The summed E-state index contributed by atoms with van der Waals surface area (Å²) in [5.74, 6) is -0.202. The van der Waals surface area contributed by atoms with Crippen LogP contribution >= 0.6 is 11.6 Å². The number of hydrogen-bond acceptors (Lipinski definition) is 2. The van der Waals surface area contributed by atoms with Gasteiger partial charge in [0, 0.05) is 0 Å². The van der Waals surface area contributed by atoms with Gasteiger partial charge in [-0.15, -0.1) is 11.6 Å². The Morgan fingerprint density at radius 2 is 2.00 bits per heavy atom. The Morgan fingerprint density at radius 3 is 2.57 bits per heavy atom. The molecule has 0 aliphatic heterocycles. The summed E-state index contributed by atoms with van der Waals surface area (Å²) in [7, 11) is 0. The van der Waals surface area contributed by atoms with E-state index in [2.05, 4.69) is 6.92 Å². The van der Waals surface area contributed by atoms with Gasteiger partial charge in [0.1, 0.15) is 4.87 Å². The summed E-state index contributed by atoms with van der Waals surface area (Å²) in [5.41, 5.74) is 0. The highest BCUT2D eigenvalue weighted by atomic mass is 35.5. The second kappa shape index (κ2) is 5.59. The summed E-state index contributed by atoms with van der Waals surface area (Å²) < 4.78 is 5.15. The topological polar surface area (TPSA) is 26.3 Å². The molecule has 0 radical (unpaired) electrons. The van der Waals surface area contributed by atoms with Crippen molar-refractivity contribution < 1.29 is 9.53 Å². The normalized spacial score (nSPS) is 20.4. The second-order valence-corrected chi connectivity index (χ2v) is 4.74. The number of hydrogen-bond donors (Lipinski definition) is 0. The number of carbonyl (C=O) groups excluding carboxylic acids is 1. The monoisotopic (exact) mass is 218 g/mol. The van der Waals surface area contributed by atoms with Crippen molar-refractivity contribution in [2.24, 2.45) is 0 Å². The first-order chi connectivity index (χ1) is 6.69. The van der Waals surface area contributed by atoms with Gasteiger partial charge in [-0.05, 0) is 19.3 Å². The summed E-state index contributed by atoms with van der Waals surface area (Å²) in [6.45, 7) is 2.59. The molecule has 2 nitrogen and oxygen atoms in total. The van der Waals surface area contributed by atoms with Crippen LogP contribution in [0.25, 0.3) is 0 Å². The van der Waals surface area contributed by atoms with Crippen LogP contribution in [-0.2, 0) is 9.53 Å². The summed E-state index contributed by atoms with van der Waals surface area (Å²) in [5, 5.41) is 0. The zero-order valence-electron chi connectivity index (χ0n) is 8.85. The van der Waals surface area contributed by atoms with E-state index in [1.54, 1.807) is 0 Å². The van der Waals surface area contributed by atoms with Crippen molar-refractivity contribution in [1.29, 1.82) is 0 Å². The molecule has 82 valence electrons. The minimum absolute atomic E-state index is 0.202. The molecule has 0 N–H and O–H groups in total. The van der Waals surface area contributed by atoms with E-state index in [-0.39, 0.29) is 5.97 Å². The van der Waals surface area contributed by atoms with Crippen LogP contribution in [0.5, 0.6) is 0 Å². The first-order valence-electron chi connectivity index (χ1n) is 5.55. The SMILES string of the molecule is CCCCOC(=O)C1(Cl)CCCCC1. The van der Waals surface area contributed by atoms with E-state index in [0.717, 1.165) is 38.5 Å². The van der Waals surface area contributed by atoms with Crippen LogP contribution in [-0.4, -0.2) is 17.5 Å². The Balaban J connectivity index is 2.33. The average molecular weight is 219 g/mol. The molecule has 0 aromatic rings. The van der Waals surface area contributed by atoms with Crippen LogP contribution in [0.1, 0.15) is 51.9 Å². The molecule has 1 rings (SSSR count). The van der Waals surface area contributed by atoms with Crippen molar-refractivity contribution in [3.05, 3.63) is 0 Å². The summed E-state index contributed by atoms with van der Waals surface area (Å²) in [4.78, 5) is 10.9. The molecule has 0 saturated heterocycles. The molecule has 0 amide bonds. The van der Waals surface area contributed by atoms with Gasteiger partial charge in [0.25, 0.3) is 0 Å². The Morgan fingerprint density at radius 1 is 1.36 bits per heavy atom. The Labute approximate surface area is 91.0 Å². The largest absolute Gasteiger partial charge is 0.464 e. The zero-order chi connectivity index (χ0) is 10.4. The van der Waals surface area contributed by atoms with Gasteiger partial charge in [-0.25, -0.2) is 0 Å². The van der Waals surface area contributed by atoms with Gasteiger partial charge in [0.15, 0.2) is 0 Å². The minimum Gasteiger partial charge on any atom is -0.464 e. The molecule has 3 heteroatoms. The van der Waals surface area contributed by atoms with Crippen LogP contribution in [0.2, 0.25) is 0 Å². The fourth-order valence-corrected chi connectivity index (χ4v) is 2.08. The van der Waals surface area contributed by atoms with E-state index >= 15 is 0 Å². The Bertz CT molecular complexity index is 186. The van der Waals surface area contributed by atoms with Crippen molar-refractivity contribution in [2.45, 2.75) is 56.7 Å². The summed E-state index contributed by atoms with van der Waals surface area (Å²) >= 11 is 6.23. The molecule has 1 aliphatic rings. The fourth-order valence-electron chi connectivity index (χ4n) is 1.75. The molecule has 14 heavy (non-hydrogen) atoms. The highest BCUT2D eigenvalue weighted by molar-refractivity contribution is 6.34. The number of halogens is 1. The predicted molar refractivity (Wildman–Crippen MR) is 57.5 cm³/mol. The minimum atomic E-state index is -0.702. The molecule has 0 unspecified atom stereocenters. The van der Waals surface area contributed by atoms with E-state index in [0.29, 0.717) is 6.61 Å². The Kier molecular flexibility index (Phi) is 4.73. The maximum absolute atomic E-state index is 11.6. The van der Waals surface area contributed by atoms with Gasteiger partial charge >= 0.3 is 5.97 Å². The highest BCUT2D eigenvalue weighted by Crippen LogP contribution is 2.35. The molecule has 0 bridgehead atoms. The van der Waals surface area contributed by atoms with E-state index < -0.39 is 4.87 Å². The lowest BCUT2D eigenvalue weighted by atomic mass is 9.88. The van der Waals surface area contributed by atoms with Crippen LogP contribution in [0.4, 0.5) is 0 Å². The van der Waals surface area contributed by atoms with Crippen molar-refractivity contribution in [3.8, 4) is 0 Å². The molecule has 0 heterocycles. The zero-order valence-corrected chi connectivity index (χ0v) is 9.61. The average Bonchev–Trinajstić information content (AvgIpc) is 2.19.